The monoisotopic (exact) mass is 351 g/mol. The average Bonchev–Trinajstić information content (AvgIpc) is 2.58. The fraction of sp³-hybridized carbons (Fsp3) is 0. The van der Waals surface area contributed by atoms with E-state index in [2.05, 4.69) is 25.8 Å². The SMILES string of the molecule is Fc1ccc(Nc2cnnc(Nc3ccccc3Cl)n2)c(F)c1F. The third kappa shape index (κ3) is 3.38. The lowest BCUT2D eigenvalue weighted by Crippen LogP contribution is -2.04. The molecule has 0 unspecified atom stereocenters. The van der Waals surface area contributed by atoms with Crippen LogP contribution in [0.1, 0.15) is 0 Å². The van der Waals surface area contributed by atoms with Crippen LogP contribution in [0.3, 0.4) is 0 Å². The summed E-state index contributed by atoms with van der Waals surface area (Å²) in [7, 11) is 0. The topological polar surface area (TPSA) is 62.7 Å². The largest absolute Gasteiger partial charge is 0.336 e. The molecule has 5 nitrogen and oxygen atoms in total. The highest BCUT2D eigenvalue weighted by atomic mass is 35.5. The zero-order valence-corrected chi connectivity index (χ0v) is 12.7. The summed E-state index contributed by atoms with van der Waals surface area (Å²) in [6, 6.07) is 8.77. The van der Waals surface area contributed by atoms with Gasteiger partial charge in [-0.05, 0) is 24.3 Å². The van der Waals surface area contributed by atoms with Crippen molar-refractivity contribution < 1.29 is 13.2 Å². The zero-order chi connectivity index (χ0) is 17.1. The number of hydrogen-bond donors (Lipinski definition) is 2. The second-order valence-corrected chi connectivity index (χ2v) is 5.03. The van der Waals surface area contributed by atoms with Crippen molar-refractivity contribution in [1.82, 2.24) is 15.2 Å². The first-order chi connectivity index (χ1) is 11.5. The first-order valence-electron chi connectivity index (χ1n) is 6.66. The van der Waals surface area contributed by atoms with E-state index in [4.69, 9.17) is 11.6 Å². The van der Waals surface area contributed by atoms with E-state index >= 15 is 0 Å². The Kier molecular flexibility index (Phi) is 4.48. The van der Waals surface area contributed by atoms with Crippen molar-refractivity contribution in [3.05, 3.63) is 65.1 Å². The van der Waals surface area contributed by atoms with Crippen LogP contribution >= 0.6 is 11.6 Å². The van der Waals surface area contributed by atoms with Gasteiger partial charge in [-0.15, -0.1) is 5.10 Å². The van der Waals surface area contributed by atoms with Gasteiger partial charge in [0.05, 0.1) is 22.6 Å². The summed E-state index contributed by atoms with van der Waals surface area (Å²) in [6.07, 6.45) is 1.21. The molecule has 0 saturated carbocycles. The standard InChI is InChI=1S/C15H9ClF3N5/c16-8-3-1-2-4-10(8)22-15-23-12(7-20-24-15)21-11-6-5-9(17)13(18)14(11)19/h1-7H,(H2,21,22,23,24). The summed E-state index contributed by atoms with van der Waals surface area (Å²) in [5.74, 6) is -4.02. The second kappa shape index (κ2) is 6.71. The van der Waals surface area contributed by atoms with Gasteiger partial charge in [-0.1, -0.05) is 23.7 Å². The molecular weight excluding hydrogens is 343 g/mol. The molecule has 0 aliphatic carbocycles. The van der Waals surface area contributed by atoms with Crippen LogP contribution in [0, 0.1) is 17.5 Å². The van der Waals surface area contributed by atoms with Crippen molar-refractivity contribution >= 4 is 34.7 Å². The molecule has 1 heterocycles. The molecule has 3 rings (SSSR count). The van der Waals surface area contributed by atoms with E-state index in [1.165, 1.54) is 6.20 Å². The van der Waals surface area contributed by atoms with Crippen LogP contribution in [0.5, 0.6) is 0 Å². The molecule has 0 bridgehead atoms. The maximum Gasteiger partial charge on any atom is 0.249 e. The van der Waals surface area contributed by atoms with E-state index in [0.717, 1.165) is 12.1 Å². The predicted octanol–water partition coefficient (Wildman–Crippen LogP) is 4.43. The van der Waals surface area contributed by atoms with Gasteiger partial charge >= 0.3 is 0 Å². The van der Waals surface area contributed by atoms with Gasteiger partial charge in [0.25, 0.3) is 0 Å². The molecule has 0 fully saturated rings. The number of para-hydroxylation sites is 1. The highest BCUT2D eigenvalue weighted by Crippen LogP contribution is 2.25. The van der Waals surface area contributed by atoms with Crippen molar-refractivity contribution in [2.45, 2.75) is 0 Å². The molecule has 9 heteroatoms. The maximum atomic E-state index is 13.7. The molecule has 122 valence electrons. The lowest BCUT2D eigenvalue weighted by molar-refractivity contribution is 0.449. The molecule has 0 aliphatic heterocycles. The number of halogens is 4. The number of rotatable bonds is 4. The van der Waals surface area contributed by atoms with Gasteiger partial charge in [-0.3, -0.25) is 0 Å². The summed E-state index contributed by atoms with van der Waals surface area (Å²) in [6.45, 7) is 0. The number of nitrogens with one attached hydrogen (secondary N) is 2. The summed E-state index contributed by atoms with van der Waals surface area (Å²) >= 11 is 6.02. The van der Waals surface area contributed by atoms with Gasteiger partial charge in [-0.2, -0.15) is 10.1 Å². The lowest BCUT2D eigenvalue weighted by atomic mass is 10.3. The van der Waals surface area contributed by atoms with E-state index in [-0.39, 0.29) is 17.5 Å². The number of hydrogen-bond acceptors (Lipinski definition) is 5. The fourth-order valence-electron chi connectivity index (χ4n) is 1.86. The van der Waals surface area contributed by atoms with E-state index in [9.17, 15) is 13.2 Å². The van der Waals surface area contributed by atoms with Crippen molar-refractivity contribution in [1.29, 1.82) is 0 Å². The molecule has 0 amide bonds. The van der Waals surface area contributed by atoms with Crippen molar-refractivity contribution in [3.8, 4) is 0 Å². The number of nitrogens with zero attached hydrogens (tertiary/aromatic N) is 3. The van der Waals surface area contributed by atoms with Gasteiger partial charge in [0, 0.05) is 0 Å². The highest BCUT2D eigenvalue weighted by molar-refractivity contribution is 6.33. The Bertz CT molecular complexity index is 891. The molecule has 0 atom stereocenters. The Morgan fingerprint density at radius 3 is 2.46 bits per heavy atom. The molecule has 0 radical (unpaired) electrons. The van der Waals surface area contributed by atoms with Gasteiger partial charge in [0.1, 0.15) is 0 Å². The average molecular weight is 352 g/mol. The molecule has 0 aliphatic rings. The Balaban J connectivity index is 1.84. The molecule has 0 spiro atoms. The minimum absolute atomic E-state index is 0.0875. The molecular formula is C15H9ClF3N5. The summed E-state index contributed by atoms with van der Waals surface area (Å²) in [5, 5.41) is 13.3. The minimum atomic E-state index is -1.57. The van der Waals surface area contributed by atoms with Crippen LogP contribution in [0.2, 0.25) is 5.02 Å². The Morgan fingerprint density at radius 1 is 0.875 bits per heavy atom. The van der Waals surface area contributed by atoms with Crippen LogP contribution in [0.25, 0.3) is 0 Å². The Morgan fingerprint density at radius 2 is 1.67 bits per heavy atom. The van der Waals surface area contributed by atoms with Gasteiger partial charge in [0.2, 0.25) is 5.95 Å². The normalized spacial score (nSPS) is 10.5. The molecule has 2 aromatic carbocycles. The smallest absolute Gasteiger partial charge is 0.249 e. The van der Waals surface area contributed by atoms with Gasteiger partial charge in [0.15, 0.2) is 23.3 Å². The van der Waals surface area contributed by atoms with Crippen LogP contribution < -0.4 is 10.6 Å². The summed E-state index contributed by atoms with van der Waals surface area (Å²) in [4.78, 5) is 4.06. The Hall–Kier alpha value is -2.87. The van der Waals surface area contributed by atoms with Crippen molar-refractivity contribution in [3.63, 3.8) is 0 Å². The van der Waals surface area contributed by atoms with E-state index in [1.54, 1.807) is 24.3 Å². The minimum Gasteiger partial charge on any atom is -0.336 e. The van der Waals surface area contributed by atoms with Crippen molar-refractivity contribution in [2.24, 2.45) is 0 Å². The zero-order valence-electron chi connectivity index (χ0n) is 11.9. The first-order valence-corrected chi connectivity index (χ1v) is 7.04. The first kappa shape index (κ1) is 16.0. The van der Waals surface area contributed by atoms with Crippen LogP contribution in [0.4, 0.5) is 36.3 Å². The maximum absolute atomic E-state index is 13.7. The summed E-state index contributed by atoms with van der Waals surface area (Å²) in [5.41, 5.74) is 0.273. The predicted molar refractivity (Wildman–Crippen MR) is 84.2 cm³/mol. The van der Waals surface area contributed by atoms with E-state index in [1.807, 2.05) is 0 Å². The third-order valence-electron chi connectivity index (χ3n) is 2.98. The molecule has 0 saturated heterocycles. The third-order valence-corrected chi connectivity index (χ3v) is 3.31. The number of aromatic nitrogens is 3. The van der Waals surface area contributed by atoms with Gasteiger partial charge in [-0.25, -0.2) is 13.2 Å². The molecule has 2 N–H and O–H groups in total. The lowest BCUT2D eigenvalue weighted by Gasteiger charge is -2.09. The van der Waals surface area contributed by atoms with Crippen molar-refractivity contribution in [2.75, 3.05) is 10.6 Å². The van der Waals surface area contributed by atoms with Crippen LogP contribution in [-0.2, 0) is 0 Å². The molecule has 1 aromatic heterocycles. The quantitative estimate of drug-likeness (QED) is 0.681. The van der Waals surface area contributed by atoms with E-state index < -0.39 is 17.5 Å². The number of anilines is 4. The van der Waals surface area contributed by atoms with Gasteiger partial charge < -0.3 is 10.6 Å². The fourth-order valence-corrected chi connectivity index (χ4v) is 2.04. The van der Waals surface area contributed by atoms with Crippen LogP contribution in [-0.4, -0.2) is 15.2 Å². The van der Waals surface area contributed by atoms with E-state index in [0.29, 0.717) is 10.7 Å². The second-order valence-electron chi connectivity index (χ2n) is 4.62. The molecule has 3 aromatic rings. The summed E-state index contributed by atoms with van der Waals surface area (Å²) < 4.78 is 39.9. The Labute approximate surface area is 139 Å². The highest BCUT2D eigenvalue weighted by Gasteiger charge is 2.14. The number of benzene rings is 2. The van der Waals surface area contributed by atoms with Crippen LogP contribution in [0.15, 0.2) is 42.6 Å². The molecule has 24 heavy (non-hydrogen) atoms.